The fraction of sp³-hybridized carbons (Fsp3) is 0.889. The van der Waals surface area contributed by atoms with Crippen molar-refractivity contribution in [2.75, 3.05) is 46.4 Å². The van der Waals surface area contributed by atoms with E-state index in [4.69, 9.17) is 4.74 Å². The van der Waals surface area contributed by atoms with Gasteiger partial charge in [-0.2, -0.15) is 0 Å². The molecule has 0 saturated carbocycles. The molecule has 2 aliphatic rings. The summed E-state index contributed by atoms with van der Waals surface area (Å²) < 4.78 is 5.38. The number of unbranched alkanes of at least 4 members (excludes halogenated alkanes) is 1. The Labute approximate surface area is 157 Å². The van der Waals surface area contributed by atoms with Gasteiger partial charge in [-0.05, 0) is 45.2 Å². The van der Waals surface area contributed by atoms with Crippen LogP contribution in [0.2, 0.25) is 0 Å². The second-order valence-electron chi connectivity index (χ2n) is 7.20. The highest BCUT2D eigenvalue weighted by Gasteiger charge is 2.43. The normalized spacial score (nSPS) is 22.8. The highest BCUT2D eigenvalue weighted by atomic mass is 35.5. The third-order valence-corrected chi connectivity index (χ3v) is 5.34. The van der Waals surface area contributed by atoms with Crippen LogP contribution in [-0.2, 0) is 14.3 Å². The average Bonchev–Trinajstić information content (AvgIpc) is 2.62. The molecule has 0 bridgehead atoms. The predicted molar refractivity (Wildman–Crippen MR) is 101 cm³/mol. The van der Waals surface area contributed by atoms with Gasteiger partial charge >= 0.3 is 0 Å². The van der Waals surface area contributed by atoms with Crippen LogP contribution in [0.1, 0.15) is 45.4 Å². The highest BCUT2D eigenvalue weighted by Crippen LogP contribution is 2.33. The summed E-state index contributed by atoms with van der Waals surface area (Å²) in [6.07, 6.45) is 5.47. The quantitative estimate of drug-likeness (QED) is 0.663. The van der Waals surface area contributed by atoms with Crippen molar-refractivity contribution in [2.45, 2.75) is 45.4 Å². The van der Waals surface area contributed by atoms with E-state index < -0.39 is 5.41 Å². The Bertz CT molecular complexity index is 422. The van der Waals surface area contributed by atoms with Crippen molar-refractivity contribution in [3.8, 4) is 0 Å². The molecule has 25 heavy (non-hydrogen) atoms. The number of ether oxygens (including phenoxy) is 1. The van der Waals surface area contributed by atoms with Crippen molar-refractivity contribution in [2.24, 2.45) is 11.3 Å². The maximum atomic E-state index is 13.2. The minimum absolute atomic E-state index is 0. The van der Waals surface area contributed by atoms with Gasteiger partial charge in [0.15, 0.2) is 0 Å². The molecule has 0 aromatic carbocycles. The molecule has 2 amide bonds. The lowest BCUT2D eigenvalue weighted by atomic mass is 9.77. The lowest BCUT2D eigenvalue weighted by Gasteiger charge is -2.42. The molecule has 2 N–H and O–H groups in total. The number of carbonyl (C=O) groups excluding carboxylic acids is 2. The highest BCUT2D eigenvalue weighted by molar-refractivity contribution is 5.85. The second kappa shape index (κ2) is 11.0. The van der Waals surface area contributed by atoms with E-state index in [9.17, 15) is 9.59 Å². The Morgan fingerprint density at radius 1 is 1.32 bits per heavy atom. The first-order valence-corrected chi connectivity index (χ1v) is 9.39. The van der Waals surface area contributed by atoms with Crippen LogP contribution in [0.15, 0.2) is 0 Å². The van der Waals surface area contributed by atoms with E-state index in [1.54, 1.807) is 7.11 Å². The zero-order chi connectivity index (χ0) is 17.4. The van der Waals surface area contributed by atoms with E-state index in [1.807, 2.05) is 4.90 Å². The summed E-state index contributed by atoms with van der Waals surface area (Å²) in [5.41, 5.74) is -0.416. The standard InChI is InChI=1S/C18H33N3O3.ClH/c1-3-4-9-20-16(22)15-6-5-12-21(13-15)17(23)18(14-24-2)7-10-19-11-8-18;/h15,19H,3-14H2,1-2H3,(H,20,22);1H. The number of nitrogens with one attached hydrogen (secondary N) is 2. The van der Waals surface area contributed by atoms with Crippen LogP contribution >= 0.6 is 12.4 Å². The Balaban J connectivity index is 0.00000312. The first-order chi connectivity index (χ1) is 11.6. The summed E-state index contributed by atoms with van der Waals surface area (Å²) in [5, 5.41) is 6.34. The fourth-order valence-corrected chi connectivity index (χ4v) is 3.85. The number of likely N-dealkylation sites (tertiary alicyclic amines) is 1. The molecular formula is C18H34ClN3O3. The molecule has 0 aromatic heterocycles. The molecular weight excluding hydrogens is 342 g/mol. The SMILES string of the molecule is CCCCNC(=O)C1CCCN(C(=O)C2(COC)CCNCC2)C1.Cl. The van der Waals surface area contributed by atoms with Crippen LogP contribution in [0.4, 0.5) is 0 Å². The van der Waals surface area contributed by atoms with E-state index in [0.29, 0.717) is 13.2 Å². The summed E-state index contributed by atoms with van der Waals surface area (Å²) >= 11 is 0. The molecule has 2 saturated heterocycles. The summed E-state index contributed by atoms with van der Waals surface area (Å²) in [4.78, 5) is 27.4. The topological polar surface area (TPSA) is 70.7 Å². The van der Waals surface area contributed by atoms with Crippen molar-refractivity contribution >= 4 is 24.2 Å². The maximum absolute atomic E-state index is 13.2. The maximum Gasteiger partial charge on any atom is 0.231 e. The van der Waals surface area contributed by atoms with Crippen molar-refractivity contribution in [3.63, 3.8) is 0 Å². The first-order valence-electron chi connectivity index (χ1n) is 9.39. The van der Waals surface area contributed by atoms with Crippen molar-refractivity contribution in [1.29, 1.82) is 0 Å². The zero-order valence-electron chi connectivity index (χ0n) is 15.6. The average molecular weight is 376 g/mol. The largest absolute Gasteiger partial charge is 0.384 e. The minimum Gasteiger partial charge on any atom is -0.384 e. The van der Waals surface area contributed by atoms with Gasteiger partial charge < -0.3 is 20.3 Å². The number of piperidine rings is 2. The van der Waals surface area contributed by atoms with Gasteiger partial charge in [-0.1, -0.05) is 13.3 Å². The molecule has 2 aliphatic heterocycles. The summed E-state index contributed by atoms with van der Waals surface area (Å²) in [6, 6.07) is 0. The van der Waals surface area contributed by atoms with Gasteiger partial charge in [-0.15, -0.1) is 12.4 Å². The number of carbonyl (C=O) groups is 2. The van der Waals surface area contributed by atoms with Crippen molar-refractivity contribution in [1.82, 2.24) is 15.5 Å². The summed E-state index contributed by atoms with van der Waals surface area (Å²) in [6.45, 7) is 6.33. The Hall–Kier alpha value is -0.850. The lowest BCUT2D eigenvalue weighted by molar-refractivity contribution is -0.150. The van der Waals surface area contributed by atoms with Gasteiger partial charge in [0, 0.05) is 26.7 Å². The third-order valence-electron chi connectivity index (χ3n) is 5.34. The van der Waals surface area contributed by atoms with Gasteiger partial charge in [0.1, 0.15) is 0 Å². The van der Waals surface area contributed by atoms with Crippen LogP contribution in [0.3, 0.4) is 0 Å². The smallest absolute Gasteiger partial charge is 0.231 e. The molecule has 2 rings (SSSR count). The van der Waals surface area contributed by atoms with Gasteiger partial charge in [-0.3, -0.25) is 9.59 Å². The van der Waals surface area contributed by atoms with Crippen molar-refractivity contribution in [3.05, 3.63) is 0 Å². The molecule has 2 fully saturated rings. The molecule has 7 heteroatoms. The molecule has 1 atom stereocenters. The molecule has 0 aromatic rings. The number of hydrogen-bond donors (Lipinski definition) is 2. The van der Waals surface area contributed by atoms with Crippen molar-refractivity contribution < 1.29 is 14.3 Å². The Kier molecular flexibility index (Phi) is 9.75. The van der Waals surface area contributed by atoms with E-state index in [2.05, 4.69) is 17.6 Å². The van der Waals surface area contributed by atoms with Gasteiger partial charge in [-0.25, -0.2) is 0 Å². The molecule has 6 nitrogen and oxygen atoms in total. The fourth-order valence-electron chi connectivity index (χ4n) is 3.85. The number of nitrogens with zero attached hydrogens (tertiary/aromatic N) is 1. The number of methoxy groups -OCH3 is 1. The van der Waals surface area contributed by atoms with E-state index >= 15 is 0 Å². The van der Waals surface area contributed by atoms with Crippen LogP contribution in [0, 0.1) is 11.3 Å². The summed E-state index contributed by atoms with van der Waals surface area (Å²) in [7, 11) is 1.66. The van der Waals surface area contributed by atoms with Gasteiger partial charge in [0.05, 0.1) is 17.9 Å². The van der Waals surface area contributed by atoms with Crippen LogP contribution < -0.4 is 10.6 Å². The predicted octanol–water partition coefficient (Wildman–Crippen LogP) is 1.58. The van der Waals surface area contributed by atoms with E-state index in [-0.39, 0.29) is 30.1 Å². The first kappa shape index (κ1) is 22.2. The molecule has 1 unspecified atom stereocenters. The molecule has 0 spiro atoms. The third kappa shape index (κ3) is 5.83. The Morgan fingerprint density at radius 3 is 2.68 bits per heavy atom. The van der Waals surface area contributed by atoms with E-state index in [0.717, 1.165) is 64.7 Å². The van der Waals surface area contributed by atoms with Gasteiger partial charge in [0.25, 0.3) is 0 Å². The number of rotatable bonds is 7. The van der Waals surface area contributed by atoms with Crippen LogP contribution in [0.25, 0.3) is 0 Å². The molecule has 0 radical (unpaired) electrons. The zero-order valence-corrected chi connectivity index (χ0v) is 16.5. The molecule has 0 aliphatic carbocycles. The number of hydrogen-bond acceptors (Lipinski definition) is 4. The lowest BCUT2D eigenvalue weighted by Crippen LogP contribution is -2.55. The monoisotopic (exact) mass is 375 g/mol. The van der Waals surface area contributed by atoms with Crippen LogP contribution in [0.5, 0.6) is 0 Å². The summed E-state index contributed by atoms with van der Waals surface area (Å²) in [5.74, 6) is 0.213. The molecule has 2 heterocycles. The van der Waals surface area contributed by atoms with Gasteiger partial charge in [0.2, 0.25) is 11.8 Å². The van der Waals surface area contributed by atoms with E-state index in [1.165, 1.54) is 0 Å². The van der Waals surface area contributed by atoms with Crippen LogP contribution in [-0.4, -0.2) is 63.2 Å². The molecule has 146 valence electrons. The minimum atomic E-state index is -0.416. The number of halogens is 1. The number of amides is 2. The second-order valence-corrected chi connectivity index (χ2v) is 7.20. The Morgan fingerprint density at radius 2 is 2.04 bits per heavy atom.